The van der Waals surface area contributed by atoms with Crippen LogP contribution in [0.15, 0.2) is 24.5 Å². The molecule has 0 spiro atoms. The molecular formula is C9H14N2OS. The molecule has 72 valence electrons. The Bertz CT molecular complexity index is 274. The number of nitrogens with zero attached hydrogens (tertiary/aromatic N) is 1. The topological polar surface area (TPSA) is 56.0 Å². The van der Waals surface area contributed by atoms with Crippen LogP contribution in [0.2, 0.25) is 0 Å². The summed E-state index contributed by atoms with van der Waals surface area (Å²) in [6.07, 6.45) is 3.44. The molecule has 0 amide bonds. The zero-order valence-electron chi connectivity index (χ0n) is 7.64. The van der Waals surface area contributed by atoms with E-state index in [9.17, 15) is 4.21 Å². The Morgan fingerprint density at radius 3 is 3.00 bits per heavy atom. The van der Waals surface area contributed by atoms with Gasteiger partial charge in [-0.05, 0) is 18.6 Å². The third kappa shape index (κ3) is 4.15. The Morgan fingerprint density at radius 2 is 2.46 bits per heavy atom. The normalized spacial score (nSPS) is 15.2. The Balaban J connectivity index is 2.46. The highest BCUT2D eigenvalue weighted by Crippen LogP contribution is 2.01. The van der Waals surface area contributed by atoms with Crippen molar-refractivity contribution < 1.29 is 4.21 Å². The van der Waals surface area contributed by atoms with Gasteiger partial charge in [0.2, 0.25) is 0 Å². The van der Waals surface area contributed by atoms with Gasteiger partial charge in [-0.1, -0.05) is 6.07 Å². The predicted molar refractivity (Wildman–Crippen MR) is 54.6 cm³/mol. The van der Waals surface area contributed by atoms with E-state index in [0.717, 1.165) is 5.56 Å². The molecule has 4 heteroatoms. The average molecular weight is 198 g/mol. The first-order valence-corrected chi connectivity index (χ1v) is 5.66. The summed E-state index contributed by atoms with van der Waals surface area (Å²) >= 11 is 0. The van der Waals surface area contributed by atoms with Crippen LogP contribution >= 0.6 is 0 Å². The van der Waals surface area contributed by atoms with Crippen molar-refractivity contribution in [3.8, 4) is 0 Å². The highest BCUT2D eigenvalue weighted by Gasteiger charge is 2.04. The summed E-state index contributed by atoms with van der Waals surface area (Å²) < 4.78 is 11.4. The number of hydrogen-bond donors (Lipinski definition) is 1. The van der Waals surface area contributed by atoms with Gasteiger partial charge < -0.3 is 5.73 Å². The summed E-state index contributed by atoms with van der Waals surface area (Å²) in [4.78, 5) is 3.95. The average Bonchev–Trinajstić information content (AvgIpc) is 2.04. The second-order valence-corrected chi connectivity index (χ2v) is 4.59. The van der Waals surface area contributed by atoms with Gasteiger partial charge in [0.25, 0.3) is 0 Å². The van der Waals surface area contributed by atoms with E-state index in [-0.39, 0.29) is 6.04 Å². The summed E-state index contributed by atoms with van der Waals surface area (Å²) in [6, 6.07) is 3.77. The number of rotatable bonds is 4. The number of pyridine rings is 1. The molecule has 0 aliphatic rings. The molecule has 1 aromatic heterocycles. The van der Waals surface area contributed by atoms with Crippen molar-refractivity contribution in [2.24, 2.45) is 5.73 Å². The van der Waals surface area contributed by atoms with Crippen molar-refractivity contribution in [3.05, 3.63) is 30.1 Å². The molecule has 1 heterocycles. The Hall–Kier alpha value is -0.740. The third-order valence-electron chi connectivity index (χ3n) is 1.50. The standard InChI is InChI=1S/C9H14N2OS/c1-8(10)6-13(12)7-9-3-2-4-11-5-9/h2-5,8H,6-7,10H2,1H3. The van der Waals surface area contributed by atoms with Crippen LogP contribution in [-0.2, 0) is 16.6 Å². The molecule has 0 fully saturated rings. The molecule has 2 N–H and O–H groups in total. The lowest BCUT2D eigenvalue weighted by Gasteiger charge is -2.04. The molecule has 0 aromatic carbocycles. The molecule has 0 saturated carbocycles. The second kappa shape index (κ2) is 5.09. The van der Waals surface area contributed by atoms with Crippen molar-refractivity contribution in [3.63, 3.8) is 0 Å². The van der Waals surface area contributed by atoms with Gasteiger partial charge in [-0.15, -0.1) is 0 Å². The Kier molecular flexibility index (Phi) is 4.05. The van der Waals surface area contributed by atoms with E-state index in [1.165, 1.54) is 0 Å². The molecule has 0 bridgehead atoms. The van der Waals surface area contributed by atoms with Gasteiger partial charge in [-0.3, -0.25) is 9.19 Å². The Morgan fingerprint density at radius 1 is 1.69 bits per heavy atom. The fourth-order valence-electron chi connectivity index (χ4n) is 1.02. The number of nitrogens with two attached hydrogens (primary N) is 1. The number of aromatic nitrogens is 1. The van der Waals surface area contributed by atoms with Crippen molar-refractivity contribution in [2.45, 2.75) is 18.7 Å². The van der Waals surface area contributed by atoms with Crippen LogP contribution in [0.5, 0.6) is 0 Å². The first kappa shape index (κ1) is 10.3. The van der Waals surface area contributed by atoms with Gasteiger partial charge in [0.15, 0.2) is 0 Å². The molecule has 0 saturated heterocycles. The molecule has 2 atom stereocenters. The highest BCUT2D eigenvalue weighted by molar-refractivity contribution is 7.84. The smallest absolute Gasteiger partial charge is 0.0501 e. The summed E-state index contributed by atoms with van der Waals surface area (Å²) in [6.45, 7) is 1.86. The van der Waals surface area contributed by atoms with Gasteiger partial charge in [0, 0.05) is 35.0 Å². The van der Waals surface area contributed by atoms with Crippen molar-refractivity contribution in [1.29, 1.82) is 0 Å². The minimum atomic E-state index is -0.866. The lowest BCUT2D eigenvalue weighted by Crippen LogP contribution is -2.23. The summed E-state index contributed by atoms with van der Waals surface area (Å²) in [5.41, 5.74) is 6.54. The fraction of sp³-hybridized carbons (Fsp3) is 0.444. The van der Waals surface area contributed by atoms with Crippen molar-refractivity contribution in [2.75, 3.05) is 5.75 Å². The van der Waals surface area contributed by atoms with Crippen molar-refractivity contribution >= 4 is 10.8 Å². The van der Waals surface area contributed by atoms with Gasteiger partial charge in [0.1, 0.15) is 0 Å². The van der Waals surface area contributed by atoms with Crippen LogP contribution < -0.4 is 5.73 Å². The van der Waals surface area contributed by atoms with Gasteiger partial charge in [0.05, 0.1) is 5.75 Å². The maximum atomic E-state index is 11.4. The molecule has 1 rings (SSSR count). The first-order valence-electron chi connectivity index (χ1n) is 4.18. The van der Waals surface area contributed by atoms with E-state index in [1.807, 2.05) is 19.1 Å². The Labute approximate surface area is 80.8 Å². The summed E-state index contributed by atoms with van der Waals surface area (Å²) in [7, 11) is -0.866. The molecular weight excluding hydrogens is 184 g/mol. The SMILES string of the molecule is CC(N)CS(=O)Cc1cccnc1. The monoisotopic (exact) mass is 198 g/mol. The summed E-state index contributed by atoms with van der Waals surface area (Å²) in [5.74, 6) is 1.10. The fourth-order valence-corrected chi connectivity index (χ4v) is 2.27. The lowest BCUT2D eigenvalue weighted by atomic mass is 10.3. The van der Waals surface area contributed by atoms with Gasteiger partial charge in [-0.2, -0.15) is 0 Å². The molecule has 0 aliphatic heterocycles. The zero-order valence-corrected chi connectivity index (χ0v) is 8.46. The predicted octanol–water partition coefficient (Wildman–Crippen LogP) is 0.677. The van der Waals surface area contributed by atoms with Crippen LogP contribution in [0.1, 0.15) is 12.5 Å². The second-order valence-electron chi connectivity index (χ2n) is 3.09. The van der Waals surface area contributed by atoms with Crippen LogP contribution in [0, 0.1) is 0 Å². The van der Waals surface area contributed by atoms with Gasteiger partial charge >= 0.3 is 0 Å². The maximum absolute atomic E-state index is 11.4. The quantitative estimate of drug-likeness (QED) is 0.774. The van der Waals surface area contributed by atoms with E-state index in [0.29, 0.717) is 11.5 Å². The van der Waals surface area contributed by atoms with E-state index >= 15 is 0 Å². The van der Waals surface area contributed by atoms with Crippen LogP contribution in [0.25, 0.3) is 0 Å². The maximum Gasteiger partial charge on any atom is 0.0501 e. The summed E-state index contributed by atoms with van der Waals surface area (Å²) in [5, 5.41) is 0. The molecule has 0 radical (unpaired) electrons. The van der Waals surface area contributed by atoms with Crippen LogP contribution in [0.4, 0.5) is 0 Å². The van der Waals surface area contributed by atoms with E-state index < -0.39 is 10.8 Å². The molecule has 13 heavy (non-hydrogen) atoms. The van der Waals surface area contributed by atoms with E-state index in [1.54, 1.807) is 12.4 Å². The largest absolute Gasteiger partial charge is 0.327 e. The lowest BCUT2D eigenvalue weighted by molar-refractivity contribution is 0.676. The highest BCUT2D eigenvalue weighted by atomic mass is 32.2. The third-order valence-corrected chi connectivity index (χ3v) is 3.05. The number of hydrogen-bond acceptors (Lipinski definition) is 3. The van der Waals surface area contributed by atoms with Crippen LogP contribution in [-0.4, -0.2) is 21.0 Å². The van der Waals surface area contributed by atoms with Gasteiger partial charge in [-0.25, -0.2) is 0 Å². The minimum absolute atomic E-state index is 0.00231. The van der Waals surface area contributed by atoms with Crippen molar-refractivity contribution in [1.82, 2.24) is 4.98 Å². The van der Waals surface area contributed by atoms with E-state index in [2.05, 4.69) is 4.98 Å². The molecule has 1 aromatic rings. The van der Waals surface area contributed by atoms with Crippen LogP contribution in [0.3, 0.4) is 0 Å². The zero-order chi connectivity index (χ0) is 9.68. The molecule has 0 aliphatic carbocycles. The molecule has 2 unspecified atom stereocenters. The first-order chi connectivity index (χ1) is 6.18. The van der Waals surface area contributed by atoms with E-state index in [4.69, 9.17) is 5.73 Å². The molecule has 3 nitrogen and oxygen atoms in total. The minimum Gasteiger partial charge on any atom is -0.327 e.